The Morgan fingerprint density at radius 1 is 0.762 bits per heavy atom. The van der Waals surface area contributed by atoms with Gasteiger partial charge in [0.15, 0.2) is 0 Å². The van der Waals surface area contributed by atoms with Gasteiger partial charge in [0.05, 0.1) is 0 Å². The van der Waals surface area contributed by atoms with Gasteiger partial charge < -0.3 is 5.11 Å². The van der Waals surface area contributed by atoms with Crippen LogP contribution in [0.4, 0.5) is 26.3 Å². The highest BCUT2D eigenvalue weighted by Gasteiger charge is 2.72. The predicted molar refractivity (Wildman–Crippen MR) is 68.7 cm³/mol. The Hall–Kier alpha value is -0.460. The molecule has 0 aromatic rings. The van der Waals surface area contributed by atoms with Crippen molar-refractivity contribution in [1.82, 2.24) is 0 Å². The molecule has 0 aliphatic carbocycles. The zero-order valence-corrected chi connectivity index (χ0v) is 13.0. The fourth-order valence-electron chi connectivity index (χ4n) is 2.09. The summed E-state index contributed by atoms with van der Waals surface area (Å²) in [4.78, 5) is 0. The molecule has 2 atom stereocenters. The minimum atomic E-state index is -5.74. The van der Waals surface area contributed by atoms with Crippen molar-refractivity contribution < 1.29 is 31.4 Å². The van der Waals surface area contributed by atoms with Crippen LogP contribution in [0.1, 0.15) is 53.9 Å². The van der Waals surface area contributed by atoms with Gasteiger partial charge in [-0.3, -0.25) is 0 Å². The molecule has 0 aromatic carbocycles. The van der Waals surface area contributed by atoms with Gasteiger partial charge in [0.25, 0.3) is 5.60 Å². The van der Waals surface area contributed by atoms with Crippen molar-refractivity contribution in [2.45, 2.75) is 71.8 Å². The number of halogens is 6. The van der Waals surface area contributed by atoms with Crippen LogP contribution in [0.15, 0.2) is 0 Å². The summed E-state index contributed by atoms with van der Waals surface area (Å²) >= 11 is 0. The Morgan fingerprint density at radius 3 is 1.38 bits per heavy atom. The Bertz CT molecular complexity index is 312. The van der Waals surface area contributed by atoms with Crippen LogP contribution in [0.5, 0.6) is 0 Å². The molecule has 0 aliphatic rings. The van der Waals surface area contributed by atoms with E-state index in [2.05, 4.69) is 0 Å². The van der Waals surface area contributed by atoms with Crippen molar-refractivity contribution >= 4 is 0 Å². The summed E-state index contributed by atoms with van der Waals surface area (Å²) < 4.78 is 75.9. The van der Waals surface area contributed by atoms with Gasteiger partial charge in [-0.05, 0) is 17.8 Å². The van der Waals surface area contributed by atoms with Gasteiger partial charge >= 0.3 is 12.4 Å². The largest absolute Gasteiger partial charge is 0.426 e. The number of hydrogen-bond donors (Lipinski definition) is 1. The van der Waals surface area contributed by atoms with Gasteiger partial charge in [0.1, 0.15) is 0 Å². The SMILES string of the molecule is CC(CCC[C@H](C)C(O)(C(F)(F)F)C(F)(F)F)C(C)(C)C. The second kappa shape index (κ2) is 6.34. The van der Waals surface area contributed by atoms with Crippen molar-refractivity contribution in [3.8, 4) is 0 Å². The molecule has 0 radical (unpaired) electrons. The molecule has 0 bridgehead atoms. The Morgan fingerprint density at radius 2 is 1.10 bits per heavy atom. The van der Waals surface area contributed by atoms with E-state index >= 15 is 0 Å². The smallest absolute Gasteiger partial charge is 0.373 e. The molecule has 128 valence electrons. The van der Waals surface area contributed by atoms with E-state index in [0.717, 1.165) is 6.92 Å². The van der Waals surface area contributed by atoms with Crippen LogP contribution < -0.4 is 0 Å². The van der Waals surface area contributed by atoms with Crippen LogP contribution in [-0.4, -0.2) is 23.1 Å². The topological polar surface area (TPSA) is 20.2 Å². The van der Waals surface area contributed by atoms with Crippen LogP contribution >= 0.6 is 0 Å². The minimum absolute atomic E-state index is 0.0619. The van der Waals surface area contributed by atoms with Crippen LogP contribution in [0.25, 0.3) is 0 Å². The highest BCUT2D eigenvalue weighted by atomic mass is 19.4. The van der Waals surface area contributed by atoms with Crippen molar-refractivity contribution in [1.29, 1.82) is 0 Å². The molecule has 0 aromatic heterocycles. The van der Waals surface area contributed by atoms with Gasteiger partial charge in [0, 0.05) is 5.92 Å². The van der Waals surface area contributed by atoms with Gasteiger partial charge in [-0.25, -0.2) is 0 Å². The molecule has 0 spiro atoms. The molecule has 0 fully saturated rings. The Labute approximate surface area is 121 Å². The van der Waals surface area contributed by atoms with E-state index in [1.807, 2.05) is 27.7 Å². The number of rotatable bonds is 5. The molecule has 0 heterocycles. The summed E-state index contributed by atoms with van der Waals surface area (Å²) in [7, 11) is 0. The third kappa shape index (κ3) is 4.76. The van der Waals surface area contributed by atoms with Crippen LogP contribution in [0, 0.1) is 17.3 Å². The summed E-state index contributed by atoms with van der Waals surface area (Å²) in [5, 5.41) is 9.23. The van der Waals surface area contributed by atoms with Crippen LogP contribution in [0.2, 0.25) is 0 Å². The molecule has 1 nitrogen and oxygen atoms in total. The quantitative estimate of drug-likeness (QED) is 0.678. The molecule has 0 saturated carbocycles. The highest BCUT2D eigenvalue weighted by molar-refractivity contribution is 4.97. The molecule has 7 heteroatoms. The normalized spacial score (nSPS) is 17.7. The summed E-state index contributed by atoms with van der Waals surface area (Å²) in [6.45, 7) is 8.59. The van der Waals surface area contributed by atoms with Gasteiger partial charge in [-0.15, -0.1) is 0 Å². The van der Waals surface area contributed by atoms with E-state index in [0.29, 0.717) is 6.42 Å². The first kappa shape index (κ1) is 20.5. The lowest BCUT2D eigenvalue weighted by Crippen LogP contribution is -2.61. The minimum Gasteiger partial charge on any atom is -0.373 e. The highest BCUT2D eigenvalue weighted by Crippen LogP contribution is 2.49. The summed E-state index contributed by atoms with van der Waals surface area (Å²) in [5.74, 6) is -1.78. The molecule has 1 unspecified atom stereocenters. The average molecular weight is 322 g/mol. The summed E-state index contributed by atoms with van der Waals surface area (Å²) in [6.07, 6.45) is -11.1. The molecular weight excluding hydrogens is 298 g/mol. The van der Waals surface area contributed by atoms with E-state index in [4.69, 9.17) is 0 Å². The van der Waals surface area contributed by atoms with E-state index in [9.17, 15) is 31.4 Å². The molecule has 0 rings (SSSR count). The summed E-state index contributed by atoms with van der Waals surface area (Å²) in [6, 6.07) is 0. The maximum atomic E-state index is 12.7. The standard InChI is InChI=1S/C14H24F6O/c1-9(11(3,4)5)7-6-8-10(2)12(21,13(15,16)17)14(18,19)20/h9-10,21H,6-8H2,1-5H3/t9?,10-/m0/s1. The van der Waals surface area contributed by atoms with E-state index < -0.39 is 23.9 Å². The molecule has 0 amide bonds. The predicted octanol–water partition coefficient (Wildman–Crippen LogP) is 5.33. The average Bonchev–Trinajstić information content (AvgIpc) is 2.22. The van der Waals surface area contributed by atoms with Crippen molar-refractivity contribution in [3.63, 3.8) is 0 Å². The zero-order valence-electron chi connectivity index (χ0n) is 13.0. The maximum Gasteiger partial charge on any atom is 0.426 e. The second-order valence-electron chi connectivity index (χ2n) is 6.86. The molecule has 1 N–H and O–H groups in total. The molecular formula is C14H24F6O. The second-order valence-corrected chi connectivity index (χ2v) is 6.86. The monoisotopic (exact) mass is 322 g/mol. The Balaban J connectivity index is 4.86. The number of alkyl halides is 6. The van der Waals surface area contributed by atoms with Crippen LogP contribution in [-0.2, 0) is 0 Å². The first-order valence-corrected chi connectivity index (χ1v) is 6.91. The fraction of sp³-hybridized carbons (Fsp3) is 1.00. The van der Waals surface area contributed by atoms with Crippen molar-refractivity contribution in [3.05, 3.63) is 0 Å². The number of aliphatic hydroxyl groups is 1. The lowest BCUT2D eigenvalue weighted by Gasteiger charge is -2.37. The molecule has 0 aliphatic heterocycles. The van der Waals surface area contributed by atoms with E-state index in [1.165, 1.54) is 0 Å². The Kier molecular flexibility index (Phi) is 6.20. The van der Waals surface area contributed by atoms with Gasteiger partial charge in [0.2, 0.25) is 0 Å². The van der Waals surface area contributed by atoms with E-state index in [-0.39, 0.29) is 24.2 Å². The van der Waals surface area contributed by atoms with Crippen molar-refractivity contribution in [2.24, 2.45) is 17.3 Å². The van der Waals surface area contributed by atoms with Gasteiger partial charge in [-0.2, -0.15) is 26.3 Å². The number of hydrogen-bond acceptors (Lipinski definition) is 1. The zero-order chi connectivity index (χ0) is 17.3. The lowest BCUT2D eigenvalue weighted by atomic mass is 9.77. The first-order valence-electron chi connectivity index (χ1n) is 6.91. The van der Waals surface area contributed by atoms with E-state index in [1.54, 1.807) is 0 Å². The molecule has 0 saturated heterocycles. The third-order valence-corrected chi connectivity index (χ3v) is 4.33. The van der Waals surface area contributed by atoms with Gasteiger partial charge in [-0.1, -0.05) is 47.5 Å². The van der Waals surface area contributed by atoms with Crippen LogP contribution in [0.3, 0.4) is 0 Å². The van der Waals surface area contributed by atoms with Crippen molar-refractivity contribution in [2.75, 3.05) is 0 Å². The third-order valence-electron chi connectivity index (χ3n) is 4.33. The maximum absolute atomic E-state index is 12.7. The first-order chi connectivity index (χ1) is 9.05. The summed E-state index contributed by atoms with van der Waals surface area (Å²) in [5.41, 5.74) is -4.71. The fourth-order valence-corrected chi connectivity index (χ4v) is 2.09. The molecule has 21 heavy (non-hydrogen) atoms. The lowest BCUT2D eigenvalue weighted by molar-refractivity contribution is -0.384.